The lowest BCUT2D eigenvalue weighted by molar-refractivity contribution is 0.0919. The minimum absolute atomic E-state index is 0.0435. The van der Waals surface area contributed by atoms with Crippen LogP contribution in [-0.2, 0) is 4.74 Å². The molecule has 0 aliphatic rings. The third-order valence-electron chi connectivity index (χ3n) is 2.21. The third-order valence-corrected chi connectivity index (χ3v) is 2.21. The van der Waals surface area contributed by atoms with Crippen molar-refractivity contribution in [2.75, 3.05) is 33.4 Å². The van der Waals surface area contributed by atoms with Gasteiger partial charge in [-0.25, -0.2) is 4.39 Å². The Morgan fingerprint density at radius 3 is 2.89 bits per heavy atom. The summed E-state index contributed by atoms with van der Waals surface area (Å²) in [5.41, 5.74) is 5.59. The van der Waals surface area contributed by atoms with Crippen LogP contribution >= 0.6 is 0 Å². The highest BCUT2D eigenvalue weighted by atomic mass is 19.1. The molecule has 0 saturated heterocycles. The number of halogens is 1. The van der Waals surface area contributed by atoms with E-state index in [-0.39, 0.29) is 11.7 Å². The van der Waals surface area contributed by atoms with Gasteiger partial charge < -0.3 is 20.5 Å². The Labute approximate surface area is 105 Å². The van der Waals surface area contributed by atoms with Crippen LogP contribution in [0, 0.1) is 5.82 Å². The molecule has 5 nitrogen and oxygen atoms in total. The maximum absolute atomic E-state index is 13.1. The van der Waals surface area contributed by atoms with Gasteiger partial charge in [0.15, 0.2) is 11.6 Å². The van der Waals surface area contributed by atoms with Crippen LogP contribution < -0.4 is 15.8 Å². The van der Waals surface area contributed by atoms with E-state index >= 15 is 0 Å². The summed E-state index contributed by atoms with van der Waals surface area (Å²) in [6, 6.07) is 3.94. The smallest absolute Gasteiger partial charge is 0.251 e. The maximum atomic E-state index is 13.1. The van der Waals surface area contributed by atoms with E-state index in [0.29, 0.717) is 31.9 Å². The Morgan fingerprint density at radius 1 is 1.44 bits per heavy atom. The number of rotatable bonds is 7. The molecule has 0 unspecified atom stereocenters. The number of nitrogens with one attached hydrogen (secondary N) is 1. The second-order valence-corrected chi connectivity index (χ2v) is 3.51. The average Bonchev–Trinajstić information content (AvgIpc) is 2.38. The molecule has 0 heterocycles. The Morgan fingerprint density at radius 2 is 2.22 bits per heavy atom. The molecule has 0 atom stereocenters. The fourth-order valence-electron chi connectivity index (χ4n) is 1.33. The van der Waals surface area contributed by atoms with Gasteiger partial charge in [0.25, 0.3) is 5.91 Å². The minimum atomic E-state index is -0.500. The molecule has 1 aromatic rings. The lowest BCUT2D eigenvalue weighted by atomic mass is 10.2. The Hall–Kier alpha value is -1.66. The Kier molecular flexibility index (Phi) is 6.10. The van der Waals surface area contributed by atoms with E-state index < -0.39 is 5.82 Å². The summed E-state index contributed by atoms with van der Waals surface area (Å²) in [5.74, 6) is -0.757. The summed E-state index contributed by atoms with van der Waals surface area (Å²) < 4.78 is 23.0. The van der Waals surface area contributed by atoms with E-state index in [9.17, 15) is 9.18 Å². The largest absolute Gasteiger partial charge is 0.494 e. The van der Waals surface area contributed by atoms with Gasteiger partial charge in [-0.3, -0.25) is 4.79 Å². The van der Waals surface area contributed by atoms with E-state index in [1.165, 1.54) is 25.3 Å². The maximum Gasteiger partial charge on any atom is 0.251 e. The van der Waals surface area contributed by atoms with Crippen LogP contribution in [-0.4, -0.2) is 39.3 Å². The van der Waals surface area contributed by atoms with Gasteiger partial charge in [-0.1, -0.05) is 0 Å². The second-order valence-electron chi connectivity index (χ2n) is 3.51. The molecule has 0 saturated carbocycles. The van der Waals surface area contributed by atoms with Crippen LogP contribution in [0.4, 0.5) is 4.39 Å². The topological polar surface area (TPSA) is 73.6 Å². The number of methoxy groups -OCH3 is 1. The van der Waals surface area contributed by atoms with E-state index in [0.717, 1.165) is 0 Å². The van der Waals surface area contributed by atoms with Crippen molar-refractivity contribution in [1.29, 1.82) is 0 Å². The molecule has 100 valence electrons. The number of amides is 1. The Bertz CT molecular complexity index is 399. The van der Waals surface area contributed by atoms with Gasteiger partial charge in [0.1, 0.15) is 0 Å². The highest BCUT2D eigenvalue weighted by molar-refractivity contribution is 5.94. The van der Waals surface area contributed by atoms with Gasteiger partial charge >= 0.3 is 0 Å². The molecule has 0 radical (unpaired) electrons. The Balaban J connectivity index is 2.46. The van der Waals surface area contributed by atoms with Crippen LogP contribution in [0.15, 0.2) is 18.2 Å². The van der Waals surface area contributed by atoms with Gasteiger partial charge in [-0.2, -0.15) is 0 Å². The predicted octanol–water partition coefficient (Wildman–Crippen LogP) is 0.539. The molecular formula is C12H17FN2O3. The molecule has 0 aliphatic carbocycles. The fraction of sp³-hybridized carbons (Fsp3) is 0.417. The van der Waals surface area contributed by atoms with Gasteiger partial charge in [0.2, 0.25) is 0 Å². The van der Waals surface area contributed by atoms with E-state index in [1.807, 2.05) is 0 Å². The second kappa shape index (κ2) is 7.62. The zero-order chi connectivity index (χ0) is 13.4. The number of hydrogen-bond donors (Lipinski definition) is 2. The summed E-state index contributed by atoms with van der Waals surface area (Å²) in [7, 11) is 1.35. The van der Waals surface area contributed by atoms with E-state index in [4.69, 9.17) is 15.2 Å². The van der Waals surface area contributed by atoms with E-state index in [2.05, 4.69) is 5.32 Å². The highest BCUT2D eigenvalue weighted by Crippen LogP contribution is 2.17. The molecule has 6 heteroatoms. The fourth-order valence-corrected chi connectivity index (χ4v) is 1.33. The number of ether oxygens (including phenoxy) is 2. The highest BCUT2D eigenvalue weighted by Gasteiger charge is 2.09. The molecule has 0 aromatic heterocycles. The number of benzene rings is 1. The van der Waals surface area contributed by atoms with Crippen LogP contribution in [0.1, 0.15) is 10.4 Å². The summed E-state index contributed by atoms with van der Waals surface area (Å²) >= 11 is 0. The van der Waals surface area contributed by atoms with Crippen molar-refractivity contribution in [2.24, 2.45) is 5.73 Å². The lowest BCUT2D eigenvalue weighted by Crippen LogP contribution is -2.27. The average molecular weight is 256 g/mol. The quantitative estimate of drug-likeness (QED) is 0.698. The lowest BCUT2D eigenvalue weighted by Gasteiger charge is -2.07. The molecule has 1 aromatic carbocycles. The summed E-state index contributed by atoms with van der Waals surface area (Å²) in [4.78, 5) is 11.7. The van der Waals surface area contributed by atoms with Crippen molar-refractivity contribution in [1.82, 2.24) is 5.32 Å². The molecule has 3 N–H and O–H groups in total. The van der Waals surface area contributed by atoms with Crippen molar-refractivity contribution in [3.05, 3.63) is 29.6 Å². The van der Waals surface area contributed by atoms with Gasteiger partial charge in [-0.15, -0.1) is 0 Å². The molecular weight excluding hydrogens is 239 g/mol. The molecule has 18 heavy (non-hydrogen) atoms. The SMILES string of the molecule is COc1cc(C(=O)NCCOCCN)ccc1F. The molecule has 0 aliphatic heterocycles. The molecule has 0 spiro atoms. The van der Waals surface area contributed by atoms with Crippen LogP contribution in [0.3, 0.4) is 0 Å². The van der Waals surface area contributed by atoms with Crippen molar-refractivity contribution >= 4 is 5.91 Å². The molecule has 1 rings (SSSR count). The standard InChI is InChI=1S/C12H17FN2O3/c1-17-11-8-9(2-3-10(11)13)12(16)15-5-7-18-6-4-14/h2-3,8H,4-7,14H2,1H3,(H,15,16). The monoisotopic (exact) mass is 256 g/mol. The van der Waals surface area contributed by atoms with E-state index in [1.54, 1.807) is 0 Å². The molecule has 1 amide bonds. The predicted molar refractivity (Wildman–Crippen MR) is 65.2 cm³/mol. The first-order valence-electron chi connectivity index (χ1n) is 5.58. The van der Waals surface area contributed by atoms with Crippen molar-refractivity contribution in [2.45, 2.75) is 0 Å². The van der Waals surface area contributed by atoms with Crippen molar-refractivity contribution in [3.63, 3.8) is 0 Å². The summed E-state index contributed by atoms with van der Waals surface area (Å²) in [5, 5.41) is 2.65. The zero-order valence-corrected chi connectivity index (χ0v) is 10.2. The zero-order valence-electron chi connectivity index (χ0n) is 10.2. The molecule has 0 fully saturated rings. The molecule has 0 bridgehead atoms. The first-order chi connectivity index (χ1) is 8.69. The first-order valence-corrected chi connectivity index (χ1v) is 5.58. The summed E-state index contributed by atoms with van der Waals surface area (Å²) in [6.45, 7) is 1.67. The normalized spacial score (nSPS) is 10.2. The van der Waals surface area contributed by atoms with Gasteiger partial charge in [0.05, 0.1) is 20.3 Å². The van der Waals surface area contributed by atoms with Crippen LogP contribution in [0.2, 0.25) is 0 Å². The first kappa shape index (κ1) is 14.4. The summed E-state index contributed by atoms with van der Waals surface area (Å²) in [6.07, 6.45) is 0. The van der Waals surface area contributed by atoms with Gasteiger partial charge in [0, 0.05) is 18.7 Å². The number of nitrogens with two attached hydrogens (primary N) is 1. The number of carbonyl (C=O) groups excluding carboxylic acids is 1. The number of carbonyl (C=O) groups is 1. The number of hydrogen-bond acceptors (Lipinski definition) is 4. The van der Waals surface area contributed by atoms with Gasteiger partial charge in [-0.05, 0) is 18.2 Å². The third kappa shape index (κ3) is 4.31. The minimum Gasteiger partial charge on any atom is -0.494 e. The van der Waals surface area contributed by atoms with Crippen molar-refractivity contribution < 1.29 is 18.7 Å². The van der Waals surface area contributed by atoms with Crippen molar-refractivity contribution in [3.8, 4) is 5.75 Å². The van der Waals surface area contributed by atoms with Crippen LogP contribution in [0.5, 0.6) is 5.75 Å². The van der Waals surface area contributed by atoms with Crippen LogP contribution in [0.25, 0.3) is 0 Å².